The molecular weight excluding hydrogens is 412 g/mol. The Labute approximate surface area is 194 Å². The fourth-order valence-electron chi connectivity index (χ4n) is 4.78. The van der Waals surface area contributed by atoms with Gasteiger partial charge in [-0.1, -0.05) is 18.2 Å². The van der Waals surface area contributed by atoms with E-state index in [2.05, 4.69) is 46.6 Å². The fraction of sp³-hybridized carbons (Fsp3) is 0.385. The number of imidazole rings is 1. The molecule has 7 nitrogen and oxygen atoms in total. The number of carbonyl (C=O) groups excluding carboxylic acids is 1. The zero-order valence-corrected chi connectivity index (χ0v) is 19.7. The maximum Gasteiger partial charge on any atom is 0.227 e. The molecule has 4 aromatic rings. The summed E-state index contributed by atoms with van der Waals surface area (Å²) in [7, 11) is 0. The van der Waals surface area contributed by atoms with Gasteiger partial charge in [0.05, 0.1) is 24.4 Å². The molecule has 0 spiro atoms. The van der Waals surface area contributed by atoms with Crippen LogP contribution in [0.2, 0.25) is 0 Å². The van der Waals surface area contributed by atoms with Crippen LogP contribution < -0.4 is 0 Å². The Morgan fingerprint density at radius 3 is 2.67 bits per heavy atom. The number of aryl methyl sites for hydroxylation is 4. The van der Waals surface area contributed by atoms with Gasteiger partial charge >= 0.3 is 0 Å². The first-order valence-corrected chi connectivity index (χ1v) is 11.6. The number of aromatic nitrogens is 5. The van der Waals surface area contributed by atoms with Gasteiger partial charge in [0.1, 0.15) is 5.82 Å². The van der Waals surface area contributed by atoms with Gasteiger partial charge in [-0.2, -0.15) is 5.10 Å². The molecule has 1 aliphatic heterocycles. The maximum atomic E-state index is 13.0. The van der Waals surface area contributed by atoms with Crippen LogP contribution in [0.4, 0.5) is 0 Å². The van der Waals surface area contributed by atoms with Crippen LogP contribution in [-0.4, -0.2) is 48.0 Å². The van der Waals surface area contributed by atoms with Gasteiger partial charge < -0.3 is 9.47 Å². The van der Waals surface area contributed by atoms with Crippen molar-refractivity contribution in [1.29, 1.82) is 0 Å². The van der Waals surface area contributed by atoms with Crippen LogP contribution in [-0.2, 0) is 17.8 Å². The molecule has 1 aliphatic rings. The lowest BCUT2D eigenvalue weighted by atomic mass is 10.0. The molecule has 1 saturated heterocycles. The monoisotopic (exact) mass is 442 g/mol. The summed E-state index contributed by atoms with van der Waals surface area (Å²) >= 11 is 0. The molecule has 1 atom stereocenters. The molecule has 170 valence electrons. The Bertz CT molecular complexity index is 1330. The number of carbonyl (C=O) groups is 1. The standard InChI is InChI=1S/C26H30N6O/c1-17-5-6-21(13-18(17)2)14-25(33)31-11-8-22(15-31)24-7-9-28-26-23(19(3)29-32(24)26)16-30-12-10-27-20(30)4/h5-7,9-10,12-13,22H,8,11,14-16H2,1-4H3/t22-/m1/s1. The van der Waals surface area contributed by atoms with Gasteiger partial charge in [-0.15, -0.1) is 0 Å². The minimum absolute atomic E-state index is 0.193. The van der Waals surface area contributed by atoms with Crippen LogP contribution in [0.5, 0.6) is 0 Å². The number of rotatable bonds is 5. The number of benzene rings is 1. The molecule has 3 aromatic heterocycles. The van der Waals surface area contributed by atoms with Gasteiger partial charge in [0, 0.05) is 43.2 Å². The third kappa shape index (κ3) is 4.03. The summed E-state index contributed by atoms with van der Waals surface area (Å²) in [5, 5.41) is 4.84. The Balaban J connectivity index is 1.35. The van der Waals surface area contributed by atoms with Gasteiger partial charge in [0.15, 0.2) is 5.65 Å². The summed E-state index contributed by atoms with van der Waals surface area (Å²) in [5.74, 6) is 1.42. The van der Waals surface area contributed by atoms with Gasteiger partial charge in [-0.05, 0) is 56.9 Å². The van der Waals surface area contributed by atoms with Crippen molar-refractivity contribution in [2.75, 3.05) is 13.1 Å². The van der Waals surface area contributed by atoms with E-state index in [1.807, 2.05) is 47.9 Å². The lowest BCUT2D eigenvalue weighted by Crippen LogP contribution is -2.30. The number of likely N-dealkylation sites (tertiary alicyclic amines) is 1. The molecule has 0 N–H and O–H groups in total. The number of nitrogens with zero attached hydrogens (tertiary/aromatic N) is 6. The highest BCUT2D eigenvalue weighted by atomic mass is 16.2. The highest BCUT2D eigenvalue weighted by Crippen LogP contribution is 2.29. The Kier molecular flexibility index (Phi) is 5.48. The largest absolute Gasteiger partial charge is 0.342 e. The highest BCUT2D eigenvalue weighted by molar-refractivity contribution is 5.79. The van der Waals surface area contributed by atoms with Crippen molar-refractivity contribution in [1.82, 2.24) is 29.0 Å². The predicted molar refractivity (Wildman–Crippen MR) is 127 cm³/mol. The van der Waals surface area contributed by atoms with Crippen molar-refractivity contribution in [3.05, 3.63) is 82.3 Å². The molecule has 1 aromatic carbocycles. The van der Waals surface area contributed by atoms with E-state index in [1.165, 1.54) is 11.1 Å². The van der Waals surface area contributed by atoms with Gasteiger partial charge in [0.25, 0.3) is 0 Å². The van der Waals surface area contributed by atoms with E-state index in [9.17, 15) is 4.79 Å². The molecule has 0 aliphatic carbocycles. The van der Waals surface area contributed by atoms with Crippen LogP contribution in [0.25, 0.3) is 5.65 Å². The molecule has 1 amide bonds. The molecule has 1 fully saturated rings. The maximum absolute atomic E-state index is 13.0. The zero-order chi connectivity index (χ0) is 23.1. The quantitative estimate of drug-likeness (QED) is 0.472. The van der Waals surface area contributed by atoms with E-state index in [0.29, 0.717) is 13.0 Å². The Morgan fingerprint density at radius 2 is 1.91 bits per heavy atom. The lowest BCUT2D eigenvalue weighted by molar-refractivity contribution is -0.129. The van der Waals surface area contributed by atoms with Gasteiger partial charge in [-0.25, -0.2) is 14.5 Å². The molecule has 0 radical (unpaired) electrons. The van der Waals surface area contributed by atoms with Crippen LogP contribution >= 0.6 is 0 Å². The molecule has 7 heteroatoms. The first kappa shape index (κ1) is 21.4. The average molecular weight is 443 g/mol. The summed E-state index contributed by atoms with van der Waals surface area (Å²) in [5.41, 5.74) is 7.67. The zero-order valence-electron chi connectivity index (χ0n) is 19.7. The SMILES string of the molecule is Cc1ccc(CC(=O)N2CC[C@@H](c3ccnc4c(Cn5ccnc5C)c(C)nn34)C2)cc1C. The second kappa shape index (κ2) is 8.46. The molecule has 0 saturated carbocycles. The summed E-state index contributed by atoms with van der Waals surface area (Å²) in [6.45, 7) is 10.4. The predicted octanol–water partition coefficient (Wildman–Crippen LogP) is 3.77. The van der Waals surface area contributed by atoms with Crippen molar-refractivity contribution in [3.63, 3.8) is 0 Å². The Hall–Kier alpha value is -3.48. The topological polar surface area (TPSA) is 68.3 Å². The minimum Gasteiger partial charge on any atom is -0.342 e. The Morgan fingerprint density at radius 1 is 1.06 bits per heavy atom. The summed E-state index contributed by atoms with van der Waals surface area (Å²) in [6.07, 6.45) is 7.06. The summed E-state index contributed by atoms with van der Waals surface area (Å²) in [4.78, 5) is 24.0. The second-order valence-corrected chi connectivity index (χ2v) is 9.19. The van der Waals surface area contributed by atoms with E-state index >= 15 is 0 Å². The van der Waals surface area contributed by atoms with Crippen molar-refractivity contribution in [2.45, 2.75) is 53.0 Å². The van der Waals surface area contributed by atoms with Crippen molar-refractivity contribution < 1.29 is 4.79 Å². The average Bonchev–Trinajstić information content (AvgIpc) is 3.51. The van der Waals surface area contributed by atoms with E-state index in [1.54, 1.807) is 0 Å². The third-order valence-electron chi connectivity index (χ3n) is 6.98. The summed E-state index contributed by atoms with van der Waals surface area (Å²) < 4.78 is 4.10. The minimum atomic E-state index is 0.193. The summed E-state index contributed by atoms with van der Waals surface area (Å²) in [6, 6.07) is 8.34. The molecular formula is C26H30N6O. The molecule has 4 heterocycles. The highest BCUT2D eigenvalue weighted by Gasteiger charge is 2.29. The normalized spacial score (nSPS) is 16.1. The van der Waals surface area contributed by atoms with Crippen molar-refractivity contribution in [2.24, 2.45) is 0 Å². The number of hydrogen-bond acceptors (Lipinski definition) is 4. The molecule has 5 rings (SSSR count). The number of hydrogen-bond donors (Lipinski definition) is 0. The van der Waals surface area contributed by atoms with E-state index < -0.39 is 0 Å². The number of fused-ring (bicyclic) bond motifs is 1. The first-order valence-electron chi connectivity index (χ1n) is 11.6. The van der Waals surface area contributed by atoms with Crippen molar-refractivity contribution >= 4 is 11.6 Å². The van der Waals surface area contributed by atoms with Crippen LogP contribution in [0.15, 0.2) is 42.9 Å². The molecule has 0 unspecified atom stereocenters. The fourth-order valence-corrected chi connectivity index (χ4v) is 4.78. The van der Waals surface area contributed by atoms with Crippen LogP contribution in [0, 0.1) is 27.7 Å². The van der Waals surface area contributed by atoms with E-state index in [4.69, 9.17) is 5.10 Å². The van der Waals surface area contributed by atoms with Crippen LogP contribution in [0.1, 0.15) is 51.8 Å². The van der Waals surface area contributed by atoms with Gasteiger partial charge in [0.2, 0.25) is 5.91 Å². The molecule has 0 bridgehead atoms. The lowest BCUT2D eigenvalue weighted by Gasteiger charge is -2.17. The second-order valence-electron chi connectivity index (χ2n) is 9.19. The third-order valence-corrected chi connectivity index (χ3v) is 6.98. The number of amides is 1. The smallest absolute Gasteiger partial charge is 0.227 e. The molecule has 33 heavy (non-hydrogen) atoms. The van der Waals surface area contributed by atoms with Gasteiger partial charge in [-0.3, -0.25) is 4.79 Å². The van der Waals surface area contributed by atoms with Crippen LogP contribution in [0.3, 0.4) is 0 Å². The van der Waals surface area contributed by atoms with E-state index in [0.717, 1.165) is 53.5 Å². The van der Waals surface area contributed by atoms with Crippen molar-refractivity contribution in [3.8, 4) is 0 Å². The van der Waals surface area contributed by atoms with E-state index in [-0.39, 0.29) is 11.8 Å². The first-order chi connectivity index (χ1) is 15.9.